The highest BCUT2D eigenvalue weighted by atomic mass is 14.6. The Balaban J connectivity index is 2.85. The number of hydrogen-bond donors (Lipinski definition) is 1. The van der Waals surface area contributed by atoms with E-state index in [2.05, 4.69) is 4.98 Å². The number of aromatic nitrogens is 1. The molecule has 0 saturated carbocycles. The predicted molar refractivity (Wildman–Crippen MR) is 37.5 cm³/mol. The first-order valence-corrected chi connectivity index (χ1v) is 2.72. The molecule has 9 heavy (non-hydrogen) atoms. The molecule has 0 aliphatic heterocycles. The second-order valence-electron chi connectivity index (χ2n) is 1.65. The van der Waals surface area contributed by atoms with Crippen molar-refractivity contribution in [2.45, 2.75) is 0 Å². The fourth-order valence-corrected chi connectivity index (χ4v) is 0.586. The van der Waals surface area contributed by atoms with E-state index in [1.807, 2.05) is 12.1 Å². The highest BCUT2D eigenvalue weighted by molar-refractivity contribution is 5.46. The normalized spacial score (nSPS) is 10.2. The van der Waals surface area contributed by atoms with Gasteiger partial charge in [-0.1, -0.05) is 6.07 Å². The summed E-state index contributed by atoms with van der Waals surface area (Å²) in [7, 11) is 0. The maximum Gasteiger partial charge on any atom is 0.0340 e. The van der Waals surface area contributed by atoms with Crippen LogP contribution in [0.2, 0.25) is 0 Å². The van der Waals surface area contributed by atoms with Crippen LogP contribution in [-0.4, -0.2) is 4.98 Å². The summed E-state index contributed by atoms with van der Waals surface area (Å²) in [6.07, 6.45) is 6.78. The highest BCUT2D eigenvalue weighted by Crippen LogP contribution is 1.95. The topological polar surface area (TPSA) is 38.9 Å². The smallest absolute Gasteiger partial charge is 0.0340 e. The zero-order valence-corrected chi connectivity index (χ0v) is 4.99. The van der Waals surface area contributed by atoms with Crippen LogP contribution in [0, 0.1) is 0 Å². The molecule has 46 valence electrons. The molecule has 0 atom stereocenters. The first-order chi connectivity index (χ1) is 4.43. The quantitative estimate of drug-likeness (QED) is 0.600. The molecule has 1 aromatic heterocycles. The Bertz CT molecular complexity index is 191. The summed E-state index contributed by atoms with van der Waals surface area (Å²) in [6, 6.07) is 3.81. The van der Waals surface area contributed by atoms with Gasteiger partial charge in [0.25, 0.3) is 0 Å². The molecule has 0 spiro atoms. The van der Waals surface area contributed by atoms with Crippen molar-refractivity contribution >= 4 is 6.08 Å². The molecule has 1 rings (SSSR count). The van der Waals surface area contributed by atoms with Gasteiger partial charge in [-0.3, -0.25) is 4.98 Å². The lowest BCUT2D eigenvalue weighted by Gasteiger charge is -1.86. The molecule has 2 heteroatoms. The lowest BCUT2D eigenvalue weighted by Crippen LogP contribution is -1.77. The Hall–Kier alpha value is -1.31. The Kier molecular flexibility index (Phi) is 1.85. The van der Waals surface area contributed by atoms with Gasteiger partial charge in [0.05, 0.1) is 0 Å². The van der Waals surface area contributed by atoms with E-state index in [9.17, 15) is 0 Å². The molecule has 2 N–H and O–H groups in total. The minimum absolute atomic E-state index is 1.03. The van der Waals surface area contributed by atoms with Gasteiger partial charge in [0.15, 0.2) is 0 Å². The van der Waals surface area contributed by atoms with Crippen LogP contribution in [-0.2, 0) is 0 Å². The van der Waals surface area contributed by atoms with Crippen molar-refractivity contribution in [2.75, 3.05) is 0 Å². The molecular weight excluding hydrogens is 112 g/mol. The van der Waals surface area contributed by atoms with Crippen molar-refractivity contribution in [2.24, 2.45) is 5.73 Å². The van der Waals surface area contributed by atoms with Crippen molar-refractivity contribution in [3.05, 3.63) is 36.3 Å². The molecule has 0 bridgehead atoms. The lowest BCUT2D eigenvalue weighted by molar-refractivity contribution is 1.32. The number of rotatable bonds is 1. The van der Waals surface area contributed by atoms with Crippen LogP contribution < -0.4 is 5.73 Å². The van der Waals surface area contributed by atoms with Gasteiger partial charge in [-0.25, -0.2) is 0 Å². The number of nitrogens with two attached hydrogens (primary N) is 1. The van der Waals surface area contributed by atoms with E-state index in [1.54, 1.807) is 18.5 Å². The largest absolute Gasteiger partial charge is 0.405 e. The van der Waals surface area contributed by atoms with Crippen molar-refractivity contribution < 1.29 is 0 Å². The third kappa shape index (κ3) is 1.57. The number of nitrogens with zero attached hydrogens (tertiary/aromatic N) is 1. The molecule has 0 radical (unpaired) electrons. The number of hydrogen-bond acceptors (Lipinski definition) is 2. The van der Waals surface area contributed by atoms with E-state index in [0.717, 1.165) is 5.56 Å². The molecule has 0 saturated heterocycles. The van der Waals surface area contributed by atoms with Crippen molar-refractivity contribution in [3.63, 3.8) is 0 Å². The van der Waals surface area contributed by atoms with Gasteiger partial charge in [-0.2, -0.15) is 0 Å². The summed E-state index contributed by atoms with van der Waals surface area (Å²) in [4.78, 5) is 3.90. The Morgan fingerprint density at radius 1 is 1.56 bits per heavy atom. The molecule has 1 aromatic rings. The maximum atomic E-state index is 5.15. The van der Waals surface area contributed by atoms with E-state index < -0.39 is 0 Å². The van der Waals surface area contributed by atoms with E-state index in [1.165, 1.54) is 6.20 Å². The Morgan fingerprint density at radius 3 is 3.00 bits per heavy atom. The van der Waals surface area contributed by atoms with Gasteiger partial charge >= 0.3 is 0 Å². The van der Waals surface area contributed by atoms with Gasteiger partial charge in [0.2, 0.25) is 0 Å². The molecule has 0 aliphatic rings. The first kappa shape index (κ1) is 5.82. The minimum atomic E-state index is 1.03. The summed E-state index contributed by atoms with van der Waals surface area (Å²) >= 11 is 0. The molecule has 0 aliphatic carbocycles. The van der Waals surface area contributed by atoms with Crippen LogP contribution in [0.25, 0.3) is 6.08 Å². The third-order valence-electron chi connectivity index (χ3n) is 0.973. The first-order valence-electron chi connectivity index (χ1n) is 2.72. The Labute approximate surface area is 54.0 Å². The minimum Gasteiger partial charge on any atom is -0.405 e. The summed E-state index contributed by atoms with van der Waals surface area (Å²) in [5, 5.41) is 0. The second-order valence-corrected chi connectivity index (χ2v) is 1.65. The predicted octanol–water partition coefficient (Wildman–Crippen LogP) is 1.01. The van der Waals surface area contributed by atoms with Crippen LogP contribution in [0.1, 0.15) is 5.56 Å². The van der Waals surface area contributed by atoms with Crippen molar-refractivity contribution in [3.8, 4) is 0 Å². The summed E-state index contributed by atoms with van der Waals surface area (Å²) in [5.74, 6) is 0. The summed E-state index contributed by atoms with van der Waals surface area (Å²) < 4.78 is 0. The van der Waals surface area contributed by atoms with Crippen molar-refractivity contribution in [1.29, 1.82) is 0 Å². The van der Waals surface area contributed by atoms with Gasteiger partial charge < -0.3 is 5.73 Å². The van der Waals surface area contributed by atoms with Crippen LogP contribution in [0.5, 0.6) is 0 Å². The van der Waals surface area contributed by atoms with Gasteiger partial charge in [0, 0.05) is 12.4 Å². The Morgan fingerprint density at radius 2 is 2.44 bits per heavy atom. The monoisotopic (exact) mass is 120 g/mol. The van der Waals surface area contributed by atoms with Gasteiger partial charge in [-0.15, -0.1) is 0 Å². The van der Waals surface area contributed by atoms with Crippen molar-refractivity contribution in [1.82, 2.24) is 4.98 Å². The molecule has 0 aromatic carbocycles. The zero-order valence-electron chi connectivity index (χ0n) is 4.99. The summed E-state index contributed by atoms with van der Waals surface area (Å²) in [5.41, 5.74) is 6.18. The summed E-state index contributed by atoms with van der Waals surface area (Å²) in [6.45, 7) is 0. The van der Waals surface area contributed by atoms with E-state index in [0.29, 0.717) is 0 Å². The molecule has 1 heterocycles. The lowest BCUT2D eigenvalue weighted by atomic mass is 10.3. The average molecular weight is 120 g/mol. The number of pyridine rings is 1. The van der Waals surface area contributed by atoms with E-state index in [-0.39, 0.29) is 0 Å². The van der Waals surface area contributed by atoms with Crippen LogP contribution in [0.4, 0.5) is 0 Å². The SMILES string of the molecule is N/C=C\c1cccnc1. The van der Waals surface area contributed by atoms with E-state index in [4.69, 9.17) is 5.73 Å². The highest BCUT2D eigenvalue weighted by Gasteiger charge is 1.79. The fourth-order valence-electron chi connectivity index (χ4n) is 0.586. The maximum absolute atomic E-state index is 5.15. The van der Waals surface area contributed by atoms with Gasteiger partial charge in [0.1, 0.15) is 0 Å². The average Bonchev–Trinajstić information content (AvgIpc) is 1.91. The van der Waals surface area contributed by atoms with Crippen LogP contribution in [0.3, 0.4) is 0 Å². The fraction of sp³-hybridized carbons (Fsp3) is 0. The molecule has 0 fully saturated rings. The molecular formula is C7H8N2. The molecule has 0 unspecified atom stereocenters. The second kappa shape index (κ2) is 2.87. The van der Waals surface area contributed by atoms with Crippen LogP contribution >= 0.6 is 0 Å². The molecule has 2 nitrogen and oxygen atoms in total. The molecule has 0 amide bonds. The van der Waals surface area contributed by atoms with Crippen LogP contribution in [0.15, 0.2) is 30.7 Å². The standard InChI is InChI=1S/C7H8N2/c8-4-3-7-2-1-5-9-6-7/h1-6H,8H2/b4-3-. The van der Waals surface area contributed by atoms with Gasteiger partial charge in [-0.05, 0) is 23.9 Å². The van der Waals surface area contributed by atoms with E-state index >= 15 is 0 Å². The zero-order chi connectivity index (χ0) is 6.53. The third-order valence-corrected chi connectivity index (χ3v) is 0.973.